The van der Waals surface area contributed by atoms with E-state index >= 15 is 0 Å². The first-order valence-electron chi connectivity index (χ1n) is 10.7. The van der Waals surface area contributed by atoms with Crippen LogP contribution in [0, 0.1) is 0 Å². The average molecular weight is 492 g/mol. The molecule has 1 fully saturated rings. The minimum atomic E-state index is -1.69. The standard InChI is InChI=1S/C25H25Cl3N2O2/c26-25(27,28)23(29-24(31)19-9-5-2-6-10-19)21-12-11-20(17-18-7-3-1-4-8-18)22(21)30-13-15-32-16-14-30/h1-10,17,23H,11-16H2,(H,29,31)/b20-17+/t23-/m0/s1. The summed E-state index contributed by atoms with van der Waals surface area (Å²) < 4.78 is 3.87. The molecule has 0 aromatic heterocycles. The quantitative estimate of drug-likeness (QED) is 0.552. The fraction of sp³-hybridized carbons (Fsp3) is 0.320. The maximum atomic E-state index is 13.0. The summed E-state index contributed by atoms with van der Waals surface area (Å²) in [6.07, 6.45) is 3.71. The number of ether oxygens (including phenoxy) is 1. The molecule has 7 heteroatoms. The molecule has 32 heavy (non-hydrogen) atoms. The highest BCUT2D eigenvalue weighted by Gasteiger charge is 2.41. The zero-order valence-corrected chi connectivity index (χ0v) is 19.8. The van der Waals surface area contributed by atoms with E-state index in [2.05, 4.69) is 28.4 Å². The highest BCUT2D eigenvalue weighted by atomic mass is 35.6. The second kappa shape index (κ2) is 10.3. The molecule has 1 amide bonds. The van der Waals surface area contributed by atoms with Crippen LogP contribution in [-0.4, -0.2) is 46.9 Å². The molecule has 168 valence electrons. The molecule has 0 radical (unpaired) electrons. The number of alkyl halides is 3. The molecule has 2 aliphatic rings. The lowest BCUT2D eigenvalue weighted by Gasteiger charge is -2.34. The smallest absolute Gasteiger partial charge is 0.251 e. The molecule has 1 aliphatic carbocycles. The van der Waals surface area contributed by atoms with E-state index in [0.717, 1.165) is 36.3 Å². The molecular weight excluding hydrogens is 467 g/mol. The molecule has 1 heterocycles. The van der Waals surface area contributed by atoms with Crippen LogP contribution in [0.1, 0.15) is 28.8 Å². The van der Waals surface area contributed by atoms with E-state index in [0.29, 0.717) is 25.2 Å². The van der Waals surface area contributed by atoms with Crippen LogP contribution in [0.2, 0.25) is 0 Å². The SMILES string of the molecule is O=C(N[C@@H](C1=C(N2CCOCC2)/C(=C/c2ccccc2)CC1)C(Cl)(Cl)Cl)c1ccccc1. The summed E-state index contributed by atoms with van der Waals surface area (Å²) in [5.41, 5.74) is 4.83. The molecule has 1 N–H and O–H groups in total. The molecule has 2 aromatic rings. The maximum Gasteiger partial charge on any atom is 0.251 e. The Morgan fingerprint density at radius 3 is 2.22 bits per heavy atom. The largest absolute Gasteiger partial charge is 0.378 e. The van der Waals surface area contributed by atoms with Crippen molar-refractivity contribution in [1.29, 1.82) is 0 Å². The van der Waals surface area contributed by atoms with Gasteiger partial charge in [-0.05, 0) is 47.8 Å². The second-order valence-corrected chi connectivity index (χ2v) is 10.2. The van der Waals surface area contributed by atoms with E-state index in [1.165, 1.54) is 5.57 Å². The molecule has 0 spiro atoms. The summed E-state index contributed by atoms with van der Waals surface area (Å²) in [5, 5.41) is 2.99. The van der Waals surface area contributed by atoms with Gasteiger partial charge in [-0.15, -0.1) is 0 Å². The molecule has 4 rings (SSSR count). The summed E-state index contributed by atoms with van der Waals surface area (Å²) in [7, 11) is 0. The lowest BCUT2D eigenvalue weighted by Crippen LogP contribution is -2.46. The van der Waals surface area contributed by atoms with Crippen molar-refractivity contribution in [2.75, 3.05) is 26.3 Å². The van der Waals surface area contributed by atoms with Gasteiger partial charge >= 0.3 is 0 Å². The number of morpholine rings is 1. The van der Waals surface area contributed by atoms with Gasteiger partial charge < -0.3 is 15.0 Å². The Balaban J connectivity index is 1.74. The van der Waals surface area contributed by atoms with Gasteiger partial charge in [0.05, 0.1) is 19.3 Å². The van der Waals surface area contributed by atoms with Crippen molar-refractivity contribution in [3.05, 3.63) is 88.6 Å². The zero-order valence-electron chi connectivity index (χ0n) is 17.6. The lowest BCUT2D eigenvalue weighted by atomic mass is 10.0. The molecule has 1 aliphatic heterocycles. The van der Waals surface area contributed by atoms with Gasteiger partial charge in [0.25, 0.3) is 5.91 Å². The van der Waals surface area contributed by atoms with Gasteiger partial charge in [0.15, 0.2) is 0 Å². The number of rotatable bonds is 5. The minimum Gasteiger partial charge on any atom is -0.378 e. The van der Waals surface area contributed by atoms with E-state index in [4.69, 9.17) is 39.5 Å². The third-order valence-electron chi connectivity index (χ3n) is 5.73. The Morgan fingerprint density at radius 2 is 1.59 bits per heavy atom. The Morgan fingerprint density at radius 1 is 0.969 bits per heavy atom. The third-order valence-corrected chi connectivity index (χ3v) is 6.38. The van der Waals surface area contributed by atoms with Gasteiger partial charge in [0.2, 0.25) is 3.79 Å². The number of carbonyl (C=O) groups is 1. The Kier molecular flexibility index (Phi) is 7.47. The Labute approximate surface area is 203 Å². The number of amides is 1. The van der Waals surface area contributed by atoms with Crippen LogP contribution in [-0.2, 0) is 4.74 Å². The van der Waals surface area contributed by atoms with Crippen LogP contribution < -0.4 is 5.32 Å². The van der Waals surface area contributed by atoms with Crippen LogP contribution in [0.3, 0.4) is 0 Å². The highest BCUT2D eigenvalue weighted by molar-refractivity contribution is 6.68. The van der Waals surface area contributed by atoms with Crippen molar-refractivity contribution in [3.8, 4) is 0 Å². The fourth-order valence-corrected chi connectivity index (χ4v) is 4.81. The normalized spacial score (nSPS) is 19.3. The van der Waals surface area contributed by atoms with Crippen molar-refractivity contribution in [1.82, 2.24) is 10.2 Å². The van der Waals surface area contributed by atoms with Crippen LogP contribution >= 0.6 is 34.8 Å². The number of nitrogens with one attached hydrogen (secondary N) is 1. The van der Waals surface area contributed by atoms with Crippen molar-refractivity contribution in [3.63, 3.8) is 0 Å². The number of hydrogen-bond acceptors (Lipinski definition) is 3. The van der Waals surface area contributed by atoms with Crippen LogP contribution in [0.4, 0.5) is 0 Å². The van der Waals surface area contributed by atoms with E-state index in [1.54, 1.807) is 12.1 Å². The van der Waals surface area contributed by atoms with Crippen molar-refractivity contribution in [2.24, 2.45) is 0 Å². The Hall–Kier alpha value is -1.98. The Bertz CT molecular complexity index is 995. The molecule has 1 atom stereocenters. The fourth-order valence-electron chi connectivity index (χ4n) is 4.25. The summed E-state index contributed by atoms with van der Waals surface area (Å²) in [6, 6.07) is 18.4. The number of hydrogen-bond donors (Lipinski definition) is 1. The van der Waals surface area contributed by atoms with E-state index < -0.39 is 9.83 Å². The first-order chi connectivity index (χ1) is 15.4. The van der Waals surface area contributed by atoms with Crippen molar-refractivity contribution < 1.29 is 9.53 Å². The van der Waals surface area contributed by atoms with Crippen molar-refractivity contribution in [2.45, 2.75) is 22.7 Å². The molecule has 2 aromatic carbocycles. The van der Waals surface area contributed by atoms with Gasteiger partial charge in [0.1, 0.15) is 0 Å². The number of carbonyl (C=O) groups excluding carboxylic acids is 1. The van der Waals surface area contributed by atoms with E-state index in [1.807, 2.05) is 36.4 Å². The summed E-state index contributed by atoms with van der Waals surface area (Å²) in [5.74, 6) is -0.267. The van der Waals surface area contributed by atoms with Crippen LogP contribution in [0.5, 0.6) is 0 Å². The molecular formula is C25H25Cl3N2O2. The summed E-state index contributed by atoms with van der Waals surface area (Å²) >= 11 is 19.3. The van der Waals surface area contributed by atoms with Crippen LogP contribution in [0.15, 0.2) is 77.5 Å². The first kappa shape index (κ1) is 23.2. The zero-order chi connectivity index (χ0) is 22.6. The van der Waals surface area contributed by atoms with Gasteiger partial charge in [0, 0.05) is 24.4 Å². The summed E-state index contributed by atoms with van der Waals surface area (Å²) in [6.45, 7) is 2.79. The molecule has 4 nitrogen and oxygen atoms in total. The number of benzene rings is 2. The number of allylic oxidation sites excluding steroid dienone is 1. The molecule has 1 saturated heterocycles. The number of nitrogens with zero attached hydrogens (tertiary/aromatic N) is 1. The van der Waals surface area contributed by atoms with Crippen molar-refractivity contribution >= 4 is 46.8 Å². The highest BCUT2D eigenvalue weighted by Crippen LogP contribution is 2.43. The maximum absolute atomic E-state index is 13.0. The van der Waals surface area contributed by atoms with E-state index in [9.17, 15) is 4.79 Å². The topological polar surface area (TPSA) is 41.6 Å². The predicted octanol–water partition coefficient (Wildman–Crippen LogP) is 5.62. The molecule has 0 unspecified atom stereocenters. The predicted molar refractivity (Wildman–Crippen MR) is 131 cm³/mol. The minimum absolute atomic E-state index is 0.267. The monoisotopic (exact) mass is 490 g/mol. The molecule has 0 saturated carbocycles. The average Bonchev–Trinajstić information content (AvgIpc) is 3.21. The lowest BCUT2D eigenvalue weighted by molar-refractivity contribution is 0.0544. The molecule has 0 bridgehead atoms. The second-order valence-electron chi connectivity index (χ2n) is 7.87. The van der Waals surface area contributed by atoms with Crippen LogP contribution in [0.25, 0.3) is 6.08 Å². The number of halogens is 3. The van der Waals surface area contributed by atoms with Gasteiger partial charge in [-0.2, -0.15) is 0 Å². The van der Waals surface area contributed by atoms with Gasteiger partial charge in [-0.1, -0.05) is 83.3 Å². The van der Waals surface area contributed by atoms with Gasteiger partial charge in [-0.25, -0.2) is 0 Å². The third kappa shape index (κ3) is 5.49. The van der Waals surface area contributed by atoms with E-state index in [-0.39, 0.29) is 5.91 Å². The van der Waals surface area contributed by atoms with Gasteiger partial charge in [-0.3, -0.25) is 4.79 Å². The first-order valence-corrected chi connectivity index (χ1v) is 11.8. The summed E-state index contributed by atoms with van der Waals surface area (Å²) in [4.78, 5) is 15.2.